The van der Waals surface area contributed by atoms with E-state index in [0.29, 0.717) is 25.4 Å². The lowest BCUT2D eigenvalue weighted by Gasteiger charge is -2.40. The Morgan fingerprint density at radius 3 is 2.56 bits per heavy atom. The molecule has 4 nitrogen and oxygen atoms in total. The van der Waals surface area contributed by atoms with Gasteiger partial charge in [-0.2, -0.15) is 0 Å². The van der Waals surface area contributed by atoms with Crippen LogP contribution in [0.5, 0.6) is 0 Å². The Labute approximate surface area is 110 Å². The molecule has 1 heterocycles. The number of carbonyl (C=O) groups is 1. The van der Waals surface area contributed by atoms with Gasteiger partial charge in [-0.15, -0.1) is 0 Å². The summed E-state index contributed by atoms with van der Waals surface area (Å²) in [6.07, 6.45) is 3.65. The maximum Gasteiger partial charge on any atom is 0.227 e. The number of nitrogens with zero attached hydrogens (tertiary/aromatic N) is 1. The van der Waals surface area contributed by atoms with Gasteiger partial charge in [0, 0.05) is 19.1 Å². The summed E-state index contributed by atoms with van der Waals surface area (Å²) in [6.45, 7) is 5.51. The molecule has 1 aliphatic heterocycles. The predicted molar refractivity (Wildman–Crippen MR) is 70.8 cm³/mol. The van der Waals surface area contributed by atoms with Crippen LogP contribution in [0.3, 0.4) is 0 Å². The second-order valence-corrected chi connectivity index (χ2v) is 6.22. The van der Waals surface area contributed by atoms with Crippen LogP contribution < -0.4 is 5.73 Å². The normalized spacial score (nSPS) is 41.8. The quantitative estimate of drug-likeness (QED) is 0.733. The van der Waals surface area contributed by atoms with Crippen molar-refractivity contribution >= 4 is 5.91 Å². The lowest BCUT2D eigenvalue weighted by atomic mass is 9.76. The van der Waals surface area contributed by atoms with Gasteiger partial charge in [0.25, 0.3) is 0 Å². The summed E-state index contributed by atoms with van der Waals surface area (Å²) in [7, 11) is 0. The van der Waals surface area contributed by atoms with E-state index < -0.39 is 0 Å². The van der Waals surface area contributed by atoms with Gasteiger partial charge in [0.15, 0.2) is 0 Å². The summed E-state index contributed by atoms with van der Waals surface area (Å²) in [5.41, 5.74) is 6.14. The van der Waals surface area contributed by atoms with Crippen LogP contribution in [0, 0.1) is 17.8 Å². The van der Waals surface area contributed by atoms with Crippen LogP contribution in [-0.2, 0) is 4.79 Å². The Morgan fingerprint density at radius 2 is 1.94 bits per heavy atom. The van der Waals surface area contributed by atoms with Crippen LogP contribution in [0.2, 0.25) is 0 Å². The number of aliphatic hydroxyl groups is 1. The molecule has 0 aromatic rings. The van der Waals surface area contributed by atoms with Gasteiger partial charge in [0.2, 0.25) is 5.91 Å². The van der Waals surface area contributed by atoms with Gasteiger partial charge in [0.05, 0.1) is 12.0 Å². The Balaban J connectivity index is 2.01. The molecule has 1 saturated heterocycles. The number of nitrogens with two attached hydrogens (primary N) is 1. The number of rotatable bonds is 1. The van der Waals surface area contributed by atoms with E-state index in [1.807, 2.05) is 11.8 Å². The molecule has 1 saturated carbocycles. The molecule has 1 aliphatic carbocycles. The molecule has 0 spiro atoms. The molecule has 18 heavy (non-hydrogen) atoms. The molecule has 2 rings (SSSR count). The Morgan fingerprint density at radius 1 is 1.22 bits per heavy atom. The highest BCUT2D eigenvalue weighted by atomic mass is 16.3. The Kier molecular flexibility index (Phi) is 4.28. The zero-order valence-corrected chi connectivity index (χ0v) is 11.5. The molecule has 5 atom stereocenters. The first-order valence-corrected chi connectivity index (χ1v) is 7.23. The molecule has 3 N–H and O–H groups in total. The molecule has 0 radical (unpaired) electrons. The Hall–Kier alpha value is -0.610. The number of hydrogen-bond acceptors (Lipinski definition) is 3. The second kappa shape index (κ2) is 5.57. The lowest BCUT2D eigenvalue weighted by molar-refractivity contribution is -0.142. The smallest absolute Gasteiger partial charge is 0.227 e. The van der Waals surface area contributed by atoms with Crippen molar-refractivity contribution in [2.75, 3.05) is 13.1 Å². The fourth-order valence-electron chi connectivity index (χ4n) is 3.43. The lowest BCUT2D eigenvalue weighted by Crippen LogP contribution is -2.53. The average Bonchev–Trinajstić information content (AvgIpc) is 2.32. The van der Waals surface area contributed by atoms with Crippen LogP contribution in [0.4, 0.5) is 0 Å². The summed E-state index contributed by atoms with van der Waals surface area (Å²) in [5.74, 6) is 0.774. The monoisotopic (exact) mass is 254 g/mol. The number of hydrogen-bond donors (Lipinski definition) is 2. The topological polar surface area (TPSA) is 66.6 Å². The van der Waals surface area contributed by atoms with Crippen LogP contribution >= 0.6 is 0 Å². The molecule has 4 heteroatoms. The average molecular weight is 254 g/mol. The second-order valence-electron chi connectivity index (χ2n) is 6.22. The van der Waals surface area contributed by atoms with Gasteiger partial charge < -0.3 is 15.7 Å². The zero-order valence-electron chi connectivity index (χ0n) is 11.5. The third kappa shape index (κ3) is 2.69. The van der Waals surface area contributed by atoms with Gasteiger partial charge in [-0.1, -0.05) is 20.3 Å². The van der Waals surface area contributed by atoms with Crippen LogP contribution in [-0.4, -0.2) is 41.1 Å². The fourth-order valence-corrected chi connectivity index (χ4v) is 3.43. The molecule has 104 valence electrons. The first-order valence-electron chi connectivity index (χ1n) is 7.23. The minimum atomic E-state index is -0.258. The van der Waals surface area contributed by atoms with E-state index in [9.17, 15) is 9.90 Å². The molecule has 0 bridgehead atoms. The highest BCUT2D eigenvalue weighted by molar-refractivity contribution is 5.80. The van der Waals surface area contributed by atoms with Crippen molar-refractivity contribution in [3.05, 3.63) is 0 Å². The zero-order chi connectivity index (χ0) is 13.3. The number of piperidine rings is 1. The largest absolute Gasteiger partial charge is 0.393 e. The van der Waals surface area contributed by atoms with Crippen molar-refractivity contribution < 1.29 is 9.90 Å². The van der Waals surface area contributed by atoms with E-state index in [2.05, 4.69) is 6.92 Å². The summed E-state index contributed by atoms with van der Waals surface area (Å²) in [6, 6.07) is 0.0170. The highest BCUT2D eigenvalue weighted by Gasteiger charge is 2.38. The molecule has 2 fully saturated rings. The van der Waals surface area contributed by atoms with Gasteiger partial charge in [-0.05, 0) is 31.1 Å². The third-order valence-corrected chi connectivity index (χ3v) is 4.73. The number of aliphatic hydroxyl groups excluding tert-OH is 1. The summed E-state index contributed by atoms with van der Waals surface area (Å²) >= 11 is 0. The summed E-state index contributed by atoms with van der Waals surface area (Å²) in [4.78, 5) is 14.5. The SMILES string of the molecule is CC1CN(C(=O)C2C(C)CCCC2N)CCC1O. The molecule has 2 aliphatic rings. The minimum Gasteiger partial charge on any atom is -0.393 e. The van der Waals surface area contributed by atoms with E-state index in [1.54, 1.807) is 0 Å². The minimum absolute atomic E-state index is 0.0128. The van der Waals surface area contributed by atoms with Crippen molar-refractivity contribution in [2.24, 2.45) is 23.5 Å². The van der Waals surface area contributed by atoms with Crippen molar-refractivity contribution in [3.63, 3.8) is 0 Å². The van der Waals surface area contributed by atoms with Gasteiger partial charge in [-0.25, -0.2) is 0 Å². The van der Waals surface area contributed by atoms with Crippen molar-refractivity contribution in [1.29, 1.82) is 0 Å². The summed E-state index contributed by atoms with van der Waals surface area (Å²) in [5, 5.41) is 9.73. The Bertz CT molecular complexity index is 298. The number of amides is 1. The van der Waals surface area contributed by atoms with E-state index in [0.717, 1.165) is 19.3 Å². The van der Waals surface area contributed by atoms with Gasteiger partial charge in [-0.3, -0.25) is 4.79 Å². The van der Waals surface area contributed by atoms with Crippen LogP contribution in [0.15, 0.2) is 0 Å². The molecule has 5 unspecified atom stereocenters. The van der Waals surface area contributed by atoms with E-state index >= 15 is 0 Å². The molecular formula is C14H26N2O2. The van der Waals surface area contributed by atoms with Gasteiger partial charge >= 0.3 is 0 Å². The van der Waals surface area contributed by atoms with Crippen LogP contribution in [0.25, 0.3) is 0 Å². The maximum atomic E-state index is 12.6. The first kappa shape index (κ1) is 13.8. The fraction of sp³-hybridized carbons (Fsp3) is 0.929. The molecule has 0 aromatic carbocycles. The predicted octanol–water partition coefficient (Wildman–Crippen LogP) is 0.979. The van der Waals surface area contributed by atoms with Gasteiger partial charge in [0.1, 0.15) is 0 Å². The van der Waals surface area contributed by atoms with E-state index in [-0.39, 0.29) is 29.9 Å². The standard InChI is InChI=1S/C14H26N2O2/c1-9-4-3-5-11(15)13(9)14(18)16-7-6-12(17)10(2)8-16/h9-13,17H,3-8,15H2,1-2H3. The van der Waals surface area contributed by atoms with E-state index in [4.69, 9.17) is 5.73 Å². The third-order valence-electron chi connectivity index (χ3n) is 4.73. The number of carbonyl (C=O) groups excluding carboxylic acids is 1. The molecule has 1 amide bonds. The first-order chi connectivity index (χ1) is 8.50. The number of likely N-dealkylation sites (tertiary alicyclic amines) is 1. The summed E-state index contributed by atoms with van der Waals surface area (Å²) < 4.78 is 0. The molecule has 0 aromatic heterocycles. The van der Waals surface area contributed by atoms with E-state index in [1.165, 1.54) is 0 Å². The maximum absolute atomic E-state index is 12.6. The van der Waals surface area contributed by atoms with Crippen molar-refractivity contribution in [1.82, 2.24) is 4.90 Å². The van der Waals surface area contributed by atoms with Crippen molar-refractivity contribution in [2.45, 2.75) is 51.7 Å². The highest BCUT2D eigenvalue weighted by Crippen LogP contribution is 2.31. The molecular weight excluding hydrogens is 228 g/mol. The van der Waals surface area contributed by atoms with Crippen molar-refractivity contribution in [3.8, 4) is 0 Å². The van der Waals surface area contributed by atoms with Crippen LogP contribution in [0.1, 0.15) is 39.5 Å².